The lowest BCUT2D eigenvalue weighted by Gasteiger charge is -2.17. The zero-order valence-corrected chi connectivity index (χ0v) is 14.0. The number of halogens is 3. The molecule has 114 valence electrons. The fraction of sp³-hybridized carbons (Fsp3) is 0.533. The predicted molar refractivity (Wildman–Crippen MR) is 83.9 cm³/mol. The molecule has 1 aliphatic rings. The summed E-state index contributed by atoms with van der Waals surface area (Å²) in [4.78, 5) is 0. The lowest BCUT2D eigenvalue weighted by atomic mass is 10.1. The molecule has 0 heterocycles. The van der Waals surface area contributed by atoms with Gasteiger partial charge in [0, 0.05) is 24.2 Å². The second-order valence-corrected chi connectivity index (χ2v) is 6.72. The van der Waals surface area contributed by atoms with Crippen molar-refractivity contribution in [3.05, 3.63) is 34.3 Å². The number of nitriles is 1. The van der Waals surface area contributed by atoms with Crippen LogP contribution in [0.2, 0.25) is 5.02 Å². The normalized spacial score (nSPS) is 23.1. The van der Waals surface area contributed by atoms with Crippen LogP contribution in [0.25, 0.3) is 0 Å². The summed E-state index contributed by atoms with van der Waals surface area (Å²) in [5.41, 5.74) is 1.31. The summed E-state index contributed by atoms with van der Waals surface area (Å²) in [6, 6.07) is 7.22. The van der Waals surface area contributed by atoms with Crippen LogP contribution in [0, 0.1) is 17.2 Å². The van der Waals surface area contributed by atoms with Crippen LogP contribution in [0.5, 0.6) is 0 Å². The fourth-order valence-electron chi connectivity index (χ4n) is 2.56. The largest absolute Gasteiger partial charge is 0.353 e. The van der Waals surface area contributed by atoms with E-state index in [9.17, 15) is 0 Å². The van der Waals surface area contributed by atoms with Crippen molar-refractivity contribution in [2.24, 2.45) is 5.92 Å². The Kier molecular flexibility index (Phi) is 5.40. The highest BCUT2D eigenvalue weighted by Crippen LogP contribution is 2.67. The van der Waals surface area contributed by atoms with E-state index < -0.39 is 10.6 Å². The van der Waals surface area contributed by atoms with Gasteiger partial charge in [-0.2, -0.15) is 5.26 Å². The van der Waals surface area contributed by atoms with Gasteiger partial charge in [-0.3, -0.25) is 0 Å². The van der Waals surface area contributed by atoms with Gasteiger partial charge >= 0.3 is 0 Å². The molecule has 0 N–H and O–H groups in total. The second kappa shape index (κ2) is 6.73. The highest BCUT2D eigenvalue weighted by Gasteiger charge is 2.67. The molecule has 2 atom stereocenters. The Morgan fingerprint density at radius 2 is 1.86 bits per heavy atom. The minimum absolute atomic E-state index is 0.172. The maximum Gasteiger partial charge on any atom is 0.163 e. The van der Waals surface area contributed by atoms with E-state index in [1.807, 2.05) is 13.8 Å². The van der Waals surface area contributed by atoms with Gasteiger partial charge in [-0.05, 0) is 37.6 Å². The maximum absolute atomic E-state index is 9.04. The van der Waals surface area contributed by atoms with Crippen LogP contribution < -0.4 is 0 Å². The average Bonchev–Trinajstić information content (AvgIpc) is 3.00. The van der Waals surface area contributed by atoms with Gasteiger partial charge in [-0.1, -0.05) is 11.6 Å². The van der Waals surface area contributed by atoms with Crippen molar-refractivity contribution in [2.45, 2.75) is 30.4 Å². The maximum atomic E-state index is 9.04. The lowest BCUT2D eigenvalue weighted by Crippen LogP contribution is -2.22. The molecule has 1 fully saturated rings. The molecular formula is C15H16Cl3NO2. The quantitative estimate of drug-likeness (QED) is 0.561. The number of hydrogen-bond donors (Lipinski definition) is 0. The van der Waals surface area contributed by atoms with Gasteiger partial charge in [0.1, 0.15) is 4.33 Å². The van der Waals surface area contributed by atoms with Gasteiger partial charge < -0.3 is 9.47 Å². The van der Waals surface area contributed by atoms with E-state index in [0.717, 1.165) is 5.56 Å². The summed E-state index contributed by atoms with van der Waals surface area (Å²) in [6.07, 6.45) is -0.468. The van der Waals surface area contributed by atoms with Crippen LogP contribution in [0.1, 0.15) is 30.9 Å². The van der Waals surface area contributed by atoms with Crippen LogP contribution in [-0.2, 0) is 9.47 Å². The van der Waals surface area contributed by atoms with Crippen LogP contribution in [-0.4, -0.2) is 23.8 Å². The van der Waals surface area contributed by atoms with E-state index in [4.69, 9.17) is 49.5 Å². The molecule has 0 bridgehead atoms. The average molecular weight is 349 g/mol. The Labute approximate surface area is 139 Å². The molecule has 1 saturated carbocycles. The second-order valence-electron chi connectivity index (χ2n) is 4.84. The fourth-order valence-corrected chi connectivity index (χ4v) is 3.66. The van der Waals surface area contributed by atoms with Gasteiger partial charge in [0.15, 0.2) is 6.29 Å². The van der Waals surface area contributed by atoms with Crippen molar-refractivity contribution < 1.29 is 9.47 Å². The molecular weight excluding hydrogens is 333 g/mol. The Hall–Kier alpha value is -0.500. The standard InChI is InChI=1S/C15H16Cl3NO2/c1-3-20-14(21-4-2)13-12(15(13,17)18)10-5-9(8-19)6-11(16)7-10/h5-7,12-14H,3-4H2,1-2H3/t12?,13-/m1/s1. The van der Waals surface area contributed by atoms with Crippen molar-refractivity contribution >= 4 is 34.8 Å². The number of hydrogen-bond acceptors (Lipinski definition) is 3. The summed E-state index contributed by atoms with van der Waals surface area (Å²) in [5.74, 6) is -0.361. The minimum atomic E-state index is -0.980. The molecule has 1 aromatic carbocycles. The van der Waals surface area contributed by atoms with Gasteiger partial charge in [0.05, 0.1) is 17.6 Å². The van der Waals surface area contributed by atoms with E-state index in [2.05, 4.69) is 6.07 Å². The topological polar surface area (TPSA) is 42.2 Å². The molecule has 2 rings (SSSR count). The highest BCUT2D eigenvalue weighted by atomic mass is 35.5. The molecule has 0 aliphatic heterocycles. The first kappa shape index (κ1) is 16.9. The molecule has 6 heteroatoms. The van der Waals surface area contributed by atoms with Crippen LogP contribution in [0.3, 0.4) is 0 Å². The molecule has 0 spiro atoms. The van der Waals surface area contributed by atoms with Crippen molar-refractivity contribution in [3.8, 4) is 6.07 Å². The van der Waals surface area contributed by atoms with Crippen molar-refractivity contribution in [1.29, 1.82) is 5.26 Å². The Balaban J connectivity index is 2.28. The monoisotopic (exact) mass is 347 g/mol. The van der Waals surface area contributed by atoms with Crippen LogP contribution >= 0.6 is 34.8 Å². The number of rotatable bonds is 6. The zero-order valence-electron chi connectivity index (χ0n) is 11.8. The summed E-state index contributed by atoms with van der Waals surface area (Å²) in [7, 11) is 0. The molecule has 0 saturated heterocycles. The van der Waals surface area contributed by atoms with E-state index >= 15 is 0 Å². The minimum Gasteiger partial charge on any atom is -0.353 e. The van der Waals surface area contributed by atoms with Crippen molar-refractivity contribution in [1.82, 2.24) is 0 Å². The molecule has 0 aromatic heterocycles. The Morgan fingerprint density at radius 3 is 2.38 bits per heavy atom. The van der Waals surface area contributed by atoms with E-state index in [1.54, 1.807) is 18.2 Å². The molecule has 0 amide bonds. The predicted octanol–water partition coefficient (Wildman–Crippen LogP) is 4.50. The molecule has 21 heavy (non-hydrogen) atoms. The first-order chi connectivity index (χ1) is 9.95. The molecule has 0 radical (unpaired) electrons. The van der Waals surface area contributed by atoms with E-state index in [1.165, 1.54) is 0 Å². The molecule has 3 nitrogen and oxygen atoms in total. The van der Waals surface area contributed by atoms with Gasteiger partial charge in [-0.25, -0.2) is 0 Å². The summed E-state index contributed by atoms with van der Waals surface area (Å²) < 4.78 is 10.2. The van der Waals surface area contributed by atoms with Crippen molar-refractivity contribution in [2.75, 3.05) is 13.2 Å². The smallest absolute Gasteiger partial charge is 0.163 e. The van der Waals surface area contributed by atoms with Crippen LogP contribution in [0.4, 0.5) is 0 Å². The SMILES string of the molecule is CCOC(OCC)[C@H]1C(c2cc(Cl)cc(C#N)c2)C1(Cl)Cl. The molecule has 1 unspecified atom stereocenters. The van der Waals surface area contributed by atoms with E-state index in [-0.39, 0.29) is 11.8 Å². The summed E-state index contributed by atoms with van der Waals surface area (Å²) >= 11 is 18.8. The first-order valence-electron chi connectivity index (χ1n) is 6.77. The van der Waals surface area contributed by atoms with Gasteiger partial charge in [0.25, 0.3) is 0 Å². The number of benzene rings is 1. The summed E-state index contributed by atoms with van der Waals surface area (Å²) in [6.45, 7) is 4.80. The number of ether oxygens (including phenoxy) is 2. The third-order valence-electron chi connectivity index (χ3n) is 3.47. The van der Waals surface area contributed by atoms with Gasteiger partial charge in [0.2, 0.25) is 0 Å². The lowest BCUT2D eigenvalue weighted by molar-refractivity contribution is -0.149. The first-order valence-corrected chi connectivity index (χ1v) is 7.90. The summed E-state index contributed by atoms with van der Waals surface area (Å²) in [5, 5.41) is 9.53. The Bertz CT molecular complexity index is 550. The van der Waals surface area contributed by atoms with Crippen molar-refractivity contribution in [3.63, 3.8) is 0 Å². The molecule has 1 aromatic rings. The number of nitrogens with zero attached hydrogens (tertiary/aromatic N) is 1. The number of alkyl halides is 2. The third kappa shape index (κ3) is 3.47. The highest BCUT2D eigenvalue weighted by molar-refractivity contribution is 6.52. The Morgan fingerprint density at radius 1 is 1.24 bits per heavy atom. The molecule has 1 aliphatic carbocycles. The third-order valence-corrected chi connectivity index (χ3v) is 4.66. The zero-order chi connectivity index (χ0) is 15.6. The van der Waals surface area contributed by atoms with E-state index in [0.29, 0.717) is 23.8 Å². The van der Waals surface area contributed by atoms with Crippen LogP contribution in [0.15, 0.2) is 18.2 Å². The van der Waals surface area contributed by atoms with Gasteiger partial charge in [-0.15, -0.1) is 23.2 Å².